The zero-order valence-electron chi connectivity index (χ0n) is 15.2. The van der Waals surface area contributed by atoms with Gasteiger partial charge in [0.1, 0.15) is 11.4 Å². The van der Waals surface area contributed by atoms with Crippen molar-refractivity contribution < 1.29 is 4.74 Å². The SMILES string of the molecule is CC(Cc1ccccc1)NCCC12CCCCC1c1ccccc1O2. The normalized spacial score (nSPS) is 25.7. The predicted molar refractivity (Wildman–Crippen MR) is 103 cm³/mol. The Hall–Kier alpha value is -1.80. The van der Waals surface area contributed by atoms with Crippen molar-refractivity contribution in [1.82, 2.24) is 5.32 Å². The topological polar surface area (TPSA) is 21.3 Å². The summed E-state index contributed by atoms with van der Waals surface area (Å²) in [5, 5.41) is 3.73. The summed E-state index contributed by atoms with van der Waals surface area (Å²) in [6.45, 7) is 3.31. The second kappa shape index (κ2) is 7.21. The quantitative estimate of drug-likeness (QED) is 0.794. The molecule has 1 fully saturated rings. The van der Waals surface area contributed by atoms with Crippen molar-refractivity contribution >= 4 is 0 Å². The smallest absolute Gasteiger partial charge is 0.123 e. The fourth-order valence-corrected chi connectivity index (χ4v) is 4.77. The molecule has 2 aliphatic rings. The van der Waals surface area contributed by atoms with E-state index in [-0.39, 0.29) is 5.60 Å². The van der Waals surface area contributed by atoms with E-state index in [2.05, 4.69) is 66.8 Å². The lowest BCUT2D eigenvalue weighted by molar-refractivity contribution is 0.0271. The summed E-state index contributed by atoms with van der Waals surface area (Å²) in [5.41, 5.74) is 2.88. The van der Waals surface area contributed by atoms with Crippen molar-refractivity contribution in [3.63, 3.8) is 0 Å². The molecule has 25 heavy (non-hydrogen) atoms. The van der Waals surface area contributed by atoms with E-state index < -0.39 is 0 Å². The highest BCUT2D eigenvalue weighted by molar-refractivity contribution is 5.43. The van der Waals surface area contributed by atoms with E-state index in [1.807, 2.05) is 0 Å². The number of para-hydroxylation sites is 1. The molecule has 1 aliphatic carbocycles. The predicted octanol–water partition coefficient (Wildman–Crippen LogP) is 5.09. The zero-order chi connectivity index (χ0) is 17.1. The Morgan fingerprint density at radius 2 is 1.88 bits per heavy atom. The van der Waals surface area contributed by atoms with Crippen LogP contribution in [0.5, 0.6) is 5.75 Å². The van der Waals surface area contributed by atoms with E-state index in [0.29, 0.717) is 12.0 Å². The van der Waals surface area contributed by atoms with Gasteiger partial charge in [0.25, 0.3) is 0 Å². The Balaban J connectivity index is 1.37. The van der Waals surface area contributed by atoms with Gasteiger partial charge in [0.15, 0.2) is 0 Å². The Bertz CT molecular complexity index is 698. The first-order valence-corrected chi connectivity index (χ1v) is 9.82. The molecule has 1 saturated carbocycles. The van der Waals surface area contributed by atoms with Crippen LogP contribution in [0.15, 0.2) is 54.6 Å². The van der Waals surface area contributed by atoms with Gasteiger partial charge in [-0.2, -0.15) is 0 Å². The van der Waals surface area contributed by atoms with Gasteiger partial charge in [0, 0.05) is 23.9 Å². The highest BCUT2D eigenvalue weighted by Gasteiger charge is 2.48. The van der Waals surface area contributed by atoms with Crippen molar-refractivity contribution in [2.24, 2.45) is 0 Å². The molecule has 2 aromatic carbocycles. The van der Waals surface area contributed by atoms with E-state index >= 15 is 0 Å². The van der Waals surface area contributed by atoms with Gasteiger partial charge in [-0.05, 0) is 50.8 Å². The monoisotopic (exact) mass is 335 g/mol. The second-order valence-electron chi connectivity index (χ2n) is 7.80. The molecular formula is C23H29NO. The molecular weight excluding hydrogens is 306 g/mol. The maximum absolute atomic E-state index is 6.56. The maximum Gasteiger partial charge on any atom is 0.123 e. The average Bonchev–Trinajstić information content (AvgIpc) is 2.97. The highest BCUT2D eigenvalue weighted by Crippen LogP contribution is 2.53. The summed E-state index contributed by atoms with van der Waals surface area (Å²) in [6.07, 6.45) is 7.29. The van der Waals surface area contributed by atoms with E-state index in [0.717, 1.165) is 25.1 Å². The zero-order valence-corrected chi connectivity index (χ0v) is 15.2. The molecule has 1 N–H and O–H groups in total. The molecule has 2 nitrogen and oxygen atoms in total. The molecule has 0 amide bonds. The van der Waals surface area contributed by atoms with Crippen molar-refractivity contribution in [1.29, 1.82) is 0 Å². The highest BCUT2D eigenvalue weighted by atomic mass is 16.5. The van der Waals surface area contributed by atoms with Gasteiger partial charge < -0.3 is 10.1 Å². The lowest BCUT2D eigenvalue weighted by Gasteiger charge is -2.39. The van der Waals surface area contributed by atoms with Gasteiger partial charge in [-0.1, -0.05) is 55.0 Å². The molecule has 4 rings (SSSR count). The fourth-order valence-electron chi connectivity index (χ4n) is 4.77. The minimum atomic E-state index is 0.0292. The number of benzene rings is 2. The van der Waals surface area contributed by atoms with Crippen LogP contribution in [0.1, 0.15) is 56.1 Å². The van der Waals surface area contributed by atoms with E-state index in [1.165, 1.54) is 36.8 Å². The summed E-state index contributed by atoms with van der Waals surface area (Å²) < 4.78 is 6.56. The molecule has 1 aliphatic heterocycles. The summed E-state index contributed by atoms with van der Waals surface area (Å²) in [5.74, 6) is 1.72. The van der Waals surface area contributed by atoms with Crippen LogP contribution < -0.4 is 10.1 Å². The first-order valence-electron chi connectivity index (χ1n) is 9.82. The lowest BCUT2D eigenvalue weighted by atomic mass is 9.72. The van der Waals surface area contributed by atoms with Crippen LogP contribution in [0.3, 0.4) is 0 Å². The number of ether oxygens (including phenoxy) is 1. The third-order valence-electron chi connectivity index (χ3n) is 6.01. The molecule has 3 atom stereocenters. The molecule has 2 heteroatoms. The Morgan fingerprint density at radius 1 is 1.08 bits per heavy atom. The van der Waals surface area contributed by atoms with Gasteiger partial charge in [0.2, 0.25) is 0 Å². The van der Waals surface area contributed by atoms with E-state index in [1.54, 1.807) is 0 Å². The Kier molecular flexibility index (Phi) is 4.80. The van der Waals surface area contributed by atoms with Crippen molar-refractivity contribution in [3.05, 3.63) is 65.7 Å². The molecule has 0 aromatic heterocycles. The van der Waals surface area contributed by atoms with Crippen molar-refractivity contribution in [2.75, 3.05) is 6.54 Å². The third-order valence-corrected chi connectivity index (χ3v) is 6.01. The van der Waals surface area contributed by atoms with Crippen LogP contribution in [-0.2, 0) is 6.42 Å². The molecule has 0 saturated heterocycles. The Labute approximate surface area is 151 Å². The number of rotatable bonds is 6. The summed E-state index contributed by atoms with van der Waals surface area (Å²) in [6, 6.07) is 19.9. The maximum atomic E-state index is 6.56. The van der Waals surface area contributed by atoms with Gasteiger partial charge in [-0.25, -0.2) is 0 Å². The number of hydrogen-bond acceptors (Lipinski definition) is 2. The molecule has 132 valence electrons. The number of nitrogens with one attached hydrogen (secondary N) is 1. The average molecular weight is 335 g/mol. The van der Waals surface area contributed by atoms with Gasteiger partial charge in [0.05, 0.1) is 0 Å². The third kappa shape index (κ3) is 3.46. The van der Waals surface area contributed by atoms with Crippen molar-refractivity contribution in [2.45, 2.75) is 63.0 Å². The Morgan fingerprint density at radius 3 is 2.76 bits per heavy atom. The second-order valence-corrected chi connectivity index (χ2v) is 7.80. The molecule has 0 radical (unpaired) electrons. The van der Waals surface area contributed by atoms with Crippen LogP contribution in [0.2, 0.25) is 0 Å². The van der Waals surface area contributed by atoms with Gasteiger partial charge in [-0.15, -0.1) is 0 Å². The molecule has 1 heterocycles. The first-order chi connectivity index (χ1) is 12.3. The minimum absolute atomic E-state index is 0.0292. The molecule has 2 aromatic rings. The number of hydrogen-bond donors (Lipinski definition) is 1. The van der Waals surface area contributed by atoms with Gasteiger partial charge >= 0.3 is 0 Å². The van der Waals surface area contributed by atoms with Crippen LogP contribution in [0, 0.1) is 0 Å². The molecule has 0 spiro atoms. The van der Waals surface area contributed by atoms with Crippen LogP contribution in [-0.4, -0.2) is 18.2 Å². The van der Waals surface area contributed by atoms with Crippen LogP contribution in [0.25, 0.3) is 0 Å². The lowest BCUT2D eigenvalue weighted by Crippen LogP contribution is -2.44. The molecule has 3 unspecified atom stereocenters. The van der Waals surface area contributed by atoms with Crippen LogP contribution in [0.4, 0.5) is 0 Å². The van der Waals surface area contributed by atoms with E-state index in [4.69, 9.17) is 4.74 Å². The van der Waals surface area contributed by atoms with E-state index in [9.17, 15) is 0 Å². The number of fused-ring (bicyclic) bond motifs is 3. The largest absolute Gasteiger partial charge is 0.486 e. The standard InChI is InChI=1S/C23H29NO/c1-18(17-19-9-3-2-4-10-19)24-16-15-23-14-8-7-12-21(23)20-11-5-6-13-22(20)25-23/h2-6,9-11,13,18,21,24H,7-8,12,14-17H2,1H3. The minimum Gasteiger partial charge on any atom is -0.486 e. The molecule has 0 bridgehead atoms. The van der Waals surface area contributed by atoms with Gasteiger partial charge in [-0.3, -0.25) is 0 Å². The summed E-state index contributed by atoms with van der Waals surface area (Å²) in [4.78, 5) is 0. The first kappa shape index (κ1) is 16.7. The summed E-state index contributed by atoms with van der Waals surface area (Å²) in [7, 11) is 0. The van der Waals surface area contributed by atoms with Crippen LogP contribution >= 0.6 is 0 Å². The summed E-state index contributed by atoms with van der Waals surface area (Å²) >= 11 is 0. The fraction of sp³-hybridized carbons (Fsp3) is 0.478. The van der Waals surface area contributed by atoms with Crippen molar-refractivity contribution in [3.8, 4) is 5.75 Å².